The molecule has 0 spiro atoms. The molecular formula is C13H13N5OS2. The lowest BCUT2D eigenvalue weighted by atomic mass is 10.1. The first-order chi connectivity index (χ1) is 10.1. The summed E-state index contributed by atoms with van der Waals surface area (Å²) in [6, 6.07) is 7.97. The Bertz CT molecular complexity index is 737. The Kier molecular flexibility index (Phi) is 3.89. The van der Waals surface area contributed by atoms with Crippen LogP contribution >= 0.6 is 23.1 Å². The Labute approximate surface area is 129 Å². The Morgan fingerprint density at radius 2 is 1.90 bits per heavy atom. The summed E-state index contributed by atoms with van der Waals surface area (Å²) in [5, 5.41) is 16.4. The van der Waals surface area contributed by atoms with Gasteiger partial charge >= 0.3 is 0 Å². The molecule has 108 valence electrons. The molecule has 0 fully saturated rings. The van der Waals surface area contributed by atoms with Gasteiger partial charge in [0.15, 0.2) is 4.34 Å². The van der Waals surface area contributed by atoms with E-state index in [4.69, 9.17) is 10.2 Å². The normalized spacial score (nSPS) is 12.5. The fourth-order valence-electron chi connectivity index (χ4n) is 1.68. The maximum Gasteiger partial charge on any atom is 0.247 e. The van der Waals surface area contributed by atoms with E-state index < -0.39 is 0 Å². The van der Waals surface area contributed by atoms with Gasteiger partial charge in [-0.1, -0.05) is 40.8 Å². The molecule has 2 N–H and O–H groups in total. The Morgan fingerprint density at radius 3 is 2.57 bits per heavy atom. The molecule has 6 nitrogen and oxygen atoms in total. The van der Waals surface area contributed by atoms with Crippen molar-refractivity contribution >= 4 is 28.2 Å². The van der Waals surface area contributed by atoms with Crippen LogP contribution in [0, 0.1) is 6.92 Å². The van der Waals surface area contributed by atoms with Crippen LogP contribution < -0.4 is 5.73 Å². The Balaban J connectivity index is 1.76. The third-order valence-electron chi connectivity index (χ3n) is 2.79. The summed E-state index contributed by atoms with van der Waals surface area (Å²) < 4.78 is 6.52. The topological polar surface area (TPSA) is 90.7 Å². The van der Waals surface area contributed by atoms with Crippen molar-refractivity contribution in [1.29, 1.82) is 0 Å². The summed E-state index contributed by atoms with van der Waals surface area (Å²) >= 11 is 2.84. The van der Waals surface area contributed by atoms with E-state index in [1.807, 2.05) is 38.1 Å². The number of hydrogen-bond donors (Lipinski definition) is 1. The first-order valence-corrected chi connectivity index (χ1v) is 7.97. The van der Waals surface area contributed by atoms with Crippen molar-refractivity contribution in [1.82, 2.24) is 20.4 Å². The predicted octanol–water partition coefficient (Wildman–Crippen LogP) is 3.33. The van der Waals surface area contributed by atoms with E-state index in [1.165, 1.54) is 28.7 Å². The molecule has 0 aliphatic heterocycles. The maximum atomic E-state index is 5.73. The van der Waals surface area contributed by atoms with Crippen molar-refractivity contribution < 1.29 is 4.42 Å². The summed E-state index contributed by atoms with van der Waals surface area (Å²) in [5.41, 5.74) is 7.67. The van der Waals surface area contributed by atoms with Gasteiger partial charge in [-0.05, 0) is 26.0 Å². The van der Waals surface area contributed by atoms with Crippen molar-refractivity contribution in [3.05, 3.63) is 35.7 Å². The van der Waals surface area contributed by atoms with Gasteiger partial charge in [0.25, 0.3) is 0 Å². The molecule has 3 rings (SSSR count). The number of nitrogen functional groups attached to an aromatic ring is 1. The smallest absolute Gasteiger partial charge is 0.247 e. The van der Waals surface area contributed by atoms with Crippen LogP contribution in [0.5, 0.6) is 0 Å². The van der Waals surface area contributed by atoms with E-state index >= 15 is 0 Å². The Hall–Kier alpha value is -1.93. The van der Waals surface area contributed by atoms with E-state index in [9.17, 15) is 0 Å². The highest BCUT2D eigenvalue weighted by Gasteiger charge is 2.18. The lowest BCUT2D eigenvalue weighted by molar-refractivity contribution is 0.509. The van der Waals surface area contributed by atoms with Crippen LogP contribution in [0.2, 0.25) is 0 Å². The highest BCUT2D eigenvalue weighted by molar-refractivity contribution is 8.01. The molecule has 21 heavy (non-hydrogen) atoms. The minimum Gasteiger partial charge on any atom is -0.419 e. The zero-order valence-corrected chi connectivity index (χ0v) is 13.1. The van der Waals surface area contributed by atoms with Crippen LogP contribution in [0.25, 0.3) is 11.5 Å². The number of nitrogens with two attached hydrogens (primary N) is 1. The molecule has 0 aliphatic carbocycles. The minimum atomic E-state index is -0.0101. The van der Waals surface area contributed by atoms with Crippen LogP contribution in [0.1, 0.15) is 23.6 Å². The molecule has 8 heteroatoms. The molecule has 0 bridgehead atoms. The van der Waals surface area contributed by atoms with Crippen molar-refractivity contribution in [3.8, 4) is 11.5 Å². The van der Waals surface area contributed by atoms with E-state index in [0.717, 1.165) is 9.90 Å². The molecule has 0 amide bonds. The maximum absolute atomic E-state index is 5.73. The second kappa shape index (κ2) is 5.82. The number of benzene rings is 1. The molecule has 0 radical (unpaired) electrons. The standard InChI is InChI=1S/C13H13N5OS2/c1-7-3-5-9(6-4-7)11-16-15-10(19-11)8(2)20-13-18-17-12(14)21-13/h3-6,8H,1-2H3,(H2,14,17). The molecule has 0 saturated carbocycles. The highest BCUT2D eigenvalue weighted by atomic mass is 32.2. The molecule has 3 aromatic rings. The largest absolute Gasteiger partial charge is 0.419 e. The third kappa shape index (κ3) is 3.22. The van der Waals surface area contributed by atoms with Crippen molar-refractivity contribution in [2.45, 2.75) is 23.4 Å². The number of thioether (sulfide) groups is 1. The number of anilines is 1. The minimum absolute atomic E-state index is 0.0101. The van der Waals surface area contributed by atoms with Gasteiger partial charge in [-0.2, -0.15) is 0 Å². The van der Waals surface area contributed by atoms with Crippen molar-refractivity contribution in [3.63, 3.8) is 0 Å². The zero-order chi connectivity index (χ0) is 14.8. The van der Waals surface area contributed by atoms with E-state index in [1.54, 1.807) is 0 Å². The van der Waals surface area contributed by atoms with Crippen LogP contribution in [-0.2, 0) is 0 Å². The zero-order valence-electron chi connectivity index (χ0n) is 11.5. The van der Waals surface area contributed by atoms with Crippen LogP contribution in [0.15, 0.2) is 33.0 Å². The Morgan fingerprint density at radius 1 is 1.14 bits per heavy atom. The number of hydrogen-bond acceptors (Lipinski definition) is 8. The second-order valence-electron chi connectivity index (χ2n) is 4.48. The van der Waals surface area contributed by atoms with Gasteiger partial charge in [0.2, 0.25) is 16.9 Å². The second-order valence-corrected chi connectivity index (χ2v) is 7.07. The molecule has 0 aliphatic rings. The summed E-state index contributed by atoms with van der Waals surface area (Å²) in [6.45, 7) is 4.02. The highest BCUT2D eigenvalue weighted by Crippen LogP contribution is 2.36. The van der Waals surface area contributed by atoms with Gasteiger partial charge in [0.05, 0.1) is 5.25 Å². The molecule has 2 aromatic heterocycles. The van der Waals surface area contributed by atoms with E-state index in [-0.39, 0.29) is 5.25 Å². The predicted molar refractivity (Wildman–Crippen MR) is 83.1 cm³/mol. The summed E-state index contributed by atoms with van der Waals surface area (Å²) in [6.07, 6.45) is 0. The quantitative estimate of drug-likeness (QED) is 0.737. The molecule has 0 saturated heterocycles. The van der Waals surface area contributed by atoms with Gasteiger partial charge in [-0.25, -0.2) is 0 Å². The SMILES string of the molecule is Cc1ccc(-c2nnc(C(C)Sc3nnc(N)s3)o2)cc1. The van der Waals surface area contributed by atoms with Crippen LogP contribution in [0.3, 0.4) is 0 Å². The van der Waals surface area contributed by atoms with Crippen LogP contribution in [-0.4, -0.2) is 20.4 Å². The first-order valence-electron chi connectivity index (χ1n) is 6.28. The summed E-state index contributed by atoms with van der Waals surface area (Å²) in [5.74, 6) is 1.08. The van der Waals surface area contributed by atoms with Gasteiger partial charge < -0.3 is 10.2 Å². The third-order valence-corrected chi connectivity index (χ3v) is 4.71. The molecular weight excluding hydrogens is 306 g/mol. The summed E-state index contributed by atoms with van der Waals surface area (Å²) in [4.78, 5) is 0. The lowest BCUT2D eigenvalue weighted by Gasteiger charge is -2.02. The first kappa shape index (κ1) is 14.0. The van der Waals surface area contributed by atoms with E-state index in [0.29, 0.717) is 16.9 Å². The van der Waals surface area contributed by atoms with Crippen LogP contribution in [0.4, 0.5) is 5.13 Å². The van der Waals surface area contributed by atoms with E-state index in [2.05, 4.69) is 20.4 Å². The molecule has 2 heterocycles. The number of rotatable bonds is 4. The number of nitrogens with zero attached hydrogens (tertiary/aromatic N) is 4. The fourth-order valence-corrected chi connectivity index (χ4v) is 3.49. The van der Waals surface area contributed by atoms with Crippen molar-refractivity contribution in [2.24, 2.45) is 0 Å². The monoisotopic (exact) mass is 319 g/mol. The van der Waals surface area contributed by atoms with Gasteiger partial charge in [-0.15, -0.1) is 20.4 Å². The average molecular weight is 319 g/mol. The average Bonchev–Trinajstić information content (AvgIpc) is 3.09. The number of aryl methyl sites for hydroxylation is 1. The van der Waals surface area contributed by atoms with Crippen molar-refractivity contribution in [2.75, 3.05) is 5.73 Å². The van der Waals surface area contributed by atoms with Gasteiger partial charge in [-0.3, -0.25) is 0 Å². The summed E-state index contributed by atoms with van der Waals surface area (Å²) in [7, 11) is 0. The van der Waals surface area contributed by atoms with Gasteiger partial charge in [0, 0.05) is 5.56 Å². The molecule has 1 atom stereocenters. The lowest BCUT2D eigenvalue weighted by Crippen LogP contribution is -1.88. The fraction of sp³-hybridized carbons (Fsp3) is 0.231. The van der Waals surface area contributed by atoms with Gasteiger partial charge in [0.1, 0.15) is 0 Å². The molecule has 1 aromatic carbocycles. The molecule has 1 unspecified atom stereocenters. The number of aromatic nitrogens is 4.